The molecule has 0 bridgehead atoms. The smallest absolute Gasteiger partial charge is 0.0167 e. The lowest BCUT2D eigenvalue weighted by atomic mass is 9.81. The summed E-state index contributed by atoms with van der Waals surface area (Å²) in [5.74, 6) is 0. The van der Waals surface area contributed by atoms with Crippen LogP contribution in [0.5, 0.6) is 0 Å². The van der Waals surface area contributed by atoms with Gasteiger partial charge in [0.25, 0.3) is 0 Å². The molecule has 0 aliphatic carbocycles. The lowest BCUT2D eigenvalue weighted by molar-refractivity contribution is 0.483. The van der Waals surface area contributed by atoms with E-state index in [-0.39, 0.29) is 5.41 Å². The van der Waals surface area contributed by atoms with Crippen molar-refractivity contribution in [3.8, 4) is 0 Å². The van der Waals surface area contributed by atoms with Crippen LogP contribution in [0, 0.1) is 5.41 Å². The van der Waals surface area contributed by atoms with Crippen LogP contribution in [-0.2, 0) is 0 Å². The standard InChI is InChI=1S/C12H22/c1-8-11(12(5,6)7)10(4)9(2)3/h2,8H2,1,3-7H3/b11-10+. The Bertz CT molecular complexity index is 199. The van der Waals surface area contributed by atoms with Crippen molar-refractivity contribution in [2.24, 2.45) is 5.41 Å². The van der Waals surface area contributed by atoms with Crippen LogP contribution < -0.4 is 0 Å². The maximum absolute atomic E-state index is 3.98. The van der Waals surface area contributed by atoms with Gasteiger partial charge in [0.2, 0.25) is 0 Å². The Balaban J connectivity index is 5.01. The molecule has 0 saturated heterocycles. The Morgan fingerprint density at radius 2 is 1.58 bits per heavy atom. The Labute approximate surface area is 77.4 Å². The maximum Gasteiger partial charge on any atom is -0.0167 e. The normalized spacial score (nSPS) is 14.2. The third-order valence-electron chi connectivity index (χ3n) is 2.35. The van der Waals surface area contributed by atoms with Crippen molar-refractivity contribution in [3.05, 3.63) is 23.3 Å². The van der Waals surface area contributed by atoms with E-state index in [1.807, 2.05) is 0 Å². The van der Waals surface area contributed by atoms with E-state index in [9.17, 15) is 0 Å². The average Bonchev–Trinajstić information content (AvgIpc) is 1.85. The van der Waals surface area contributed by atoms with Crippen molar-refractivity contribution < 1.29 is 0 Å². The van der Waals surface area contributed by atoms with E-state index in [1.54, 1.807) is 0 Å². The number of hydrogen-bond donors (Lipinski definition) is 0. The monoisotopic (exact) mass is 166 g/mol. The summed E-state index contributed by atoms with van der Waals surface area (Å²) < 4.78 is 0. The van der Waals surface area contributed by atoms with Crippen LogP contribution in [0.3, 0.4) is 0 Å². The van der Waals surface area contributed by atoms with Crippen molar-refractivity contribution in [3.63, 3.8) is 0 Å². The quantitative estimate of drug-likeness (QED) is 0.535. The predicted octanol–water partition coefficient (Wildman–Crippen LogP) is 4.34. The molecule has 0 heterocycles. The highest BCUT2D eigenvalue weighted by Gasteiger charge is 2.17. The Morgan fingerprint density at radius 3 is 1.67 bits per heavy atom. The van der Waals surface area contributed by atoms with Gasteiger partial charge in [-0.05, 0) is 31.3 Å². The molecule has 0 aromatic carbocycles. The fraction of sp³-hybridized carbons (Fsp3) is 0.667. The van der Waals surface area contributed by atoms with Gasteiger partial charge in [-0.1, -0.05) is 45.4 Å². The Hall–Kier alpha value is -0.520. The summed E-state index contributed by atoms with van der Waals surface area (Å²) in [7, 11) is 0. The molecule has 0 aliphatic rings. The van der Waals surface area contributed by atoms with E-state index in [2.05, 4.69) is 48.1 Å². The van der Waals surface area contributed by atoms with E-state index < -0.39 is 0 Å². The van der Waals surface area contributed by atoms with Gasteiger partial charge in [0, 0.05) is 0 Å². The van der Waals surface area contributed by atoms with Crippen LogP contribution in [0.2, 0.25) is 0 Å². The van der Waals surface area contributed by atoms with Gasteiger partial charge in [0.05, 0.1) is 0 Å². The molecule has 0 atom stereocenters. The summed E-state index contributed by atoms with van der Waals surface area (Å²) in [5, 5.41) is 0. The number of allylic oxidation sites excluding steroid dienone is 3. The molecule has 0 aliphatic heterocycles. The average molecular weight is 166 g/mol. The summed E-state index contributed by atoms with van der Waals surface area (Å²) in [6.45, 7) is 17.2. The van der Waals surface area contributed by atoms with Crippen LogP contribution in [0.1, 0.15) is 48.0 Å². The van der Waals surface area contributed by atoms with Crippen LogP contribution in [0.4, 0.5) is 0 Å². The zero-order chi connectivity index (χ0) is 9.94. The van der Waals surface area contributed by atoms with Crippen molar-refractivity contribution in [2.45, 2.75) is 48.0 Å². The minimum absolute atomic E-state index is 0.289. The molecule has 0 amide bonds. The van der Waals surface area contributed by atoms with Gasteiger partial charge in [-0.3, -0.25) is 0 Å². The molecule has 0 radical (unpaired) electrons. The number of rotatable bonds is 2. The molecule has 0 N–H and O–H groups in total. The van der Waals surface area contributed by atoms with Crippen molar-refractivity contribution in [2.75, 3.05) is 0 Å². The van der Waals surface area contributed by atoms with E-state index >= 15 is 0 Å². The molecule has 0 aromatic heterocycles. The zero-order valence-electron chi connectivity index (χ0n) is 9.41. The van der Waals surface area contributed by atoms with Gasteiger partial charge in [0.15, 0.2) is 0 Å². The van der Waals surface area contributed by atoms with Crippen molar-refractivity contribution in [1.29, 1.82) is 0 Å². The second-order valence-corrected chi connectivity index (χ2v) is 4.49. The SMILES string of the molecule is C=C(C)/C(C)=C(\CC)C(C)(C)C. The van der Waals surface area contributed by atoms with E-state index in [0.29, 0.717) is 0 Å². The lowest BCUT2D eigenvalue weighted by Gasteiger charge is -2.25. The molecule has 12 heavy (non-hydrogen) atoms. The van der Waals surface area contributed by atoms with Crippen molar-refractivity contribution in [1.82, 2.24) is 0 Å². The van der Waals surface area contributed by atoms with E-state index in [4.69, 9.17) is 0 Å². The highest BCUT2D eigenvalue weighted by atomic mass is 14.2. The fourth-order valence-electron chi connectivity index (χ4n) is 1.62. The molecule has 0 saturated carbocycles. The Morgan fingerprint density at radius 1 is 1.17 bits per heavy atom. The van der Waals surface area contributed by atoms with E-state index in [0.717, 1.165) is 6.42 Å². The first-order valence-electron chi connectivity index (χ1n) is 4.66. The summed E-state index contributed by atoms with van der Waals surface area (Å²) in [6, 6.07) is 0. The van der Waals surface area contributed by atoms with Crippen LogP contribution in [0.25, 0.3) is 0 Å². The highest BCUT2D eigenvalue weighted by molar-refractivity contribution is 5.32. The Kier molecular flexibility index (Phi) is 3.76. The fourth-order valence-corrected chi connectivity index (χ4v) is 1.62. The molecule has 0 rings (SSSR count). The third kappa shape index (κ3) is 2.84. The molecule has 0 spiro atoms. The highest BCUT2D eigenvalue weighted by Crippen LogP contribution is 2.32. The summed E-state index contributed by atoms with van der Waals surface area (Å²) in [5.41, 5.74) is 4.39. The molecule has 0 aromatic rings. The van der Waals surface area contributed by atoms with Crippen LogP contribution in [0.15, 0.2) is 23.3 Å². The first kappa shape index (κ1) is 11.5. The van der Waals surface area contributed by atoms with Crippen LogP contribution in [-0.4, -0.2) is 0 Å². The molecule has 0 heteroatoms. The summed E-state index contributed by atoms with van der Waals surface area (Å²) in [4.78, 5) is 0. The molecule has 0 nitrogen and oxygen atoms in total. The second kappa shape index (κ2) is 3.93. The lowest BCUT2D eigenvalue weighted by Crippen LogP contribution is -2.11. The predicted molar refractivity (Wildman–Crippen MR) is 57.3 cm³/mol. The van der Waals surface area contributed by atoms with Gasteiger partial charge in [-0.25, -0.2) is 0 Å². The zero-order valence-corrected chi connectivity index (χ0v) is 9.41. The first-order chi connectivity index (χ1) is 5.30. The largest absolute Gasteiger partial charge is 0.0958 e. The molecule has 0 fully saturated rings. The minimum atomic E-state index is 0.289. The third-order valence-corrected chi connectivity index (χ3v) is 2.35. The van der Waals surface area contributed by atoms with Crippen molar-refractivity contribution >= 4 is 0 Å². The summed E-state index contributed by atoms with van der Waals surface area (Å²) in [6.07, 6.45) is 1.13. The molecule has 70 valence electrons. The number of hydrogen-bond acceptors (Lipinski definition) is 0. The van der Waals surface area contributed by atoms with Gasteiger partial charge in [-0.15, -0.1) is 0 Å². The topological polar surface area (TPSA) is 0 Å². The van der Waals surface area contributed by atoms with Gasteiger partial charge in [0.1, 0.15) is 0 Å². The molecular formula is C12H22. The minimum Gasteiger partial charge on any atom is -0.0958 e. The van der Waals surface area contributed by atoms with Gasteiger partial charge < -0.3 is 0 Å². The maximum atomic E-state index is 3.98. The van der Waals surface area contributed by atoms with Gasteiger partial charge >= 0.3 is 0 Å². The van der Waals surface area contributed by atoms with Crippen LogP contribution >= 0.6 is 0 Å². The second-order valence-electron chi connectivity index (χ2n) is 4.49. The van der Waals surface area contributed by atoms with E-state index in [1.165, 1.54) is 16.7 Å². The summed E-state index contributed by atoms with van der Waals surface area (Å²) >= 11 is 0. The molecular weight excluding hydrogens is 144 g/mol. The molecule has 0 unspecified atom stereocenters. The van der Waals surface area contributed by atoms with Gasteiger partial charge in [-0.2, -0.15) is 0 Å². The first-order valence-corrected chi connectivity index (χ1v) is 4.66.